The number of fused-ring (bicyclic) bond motifs is 2. The Morgan fingerprint density at radius 1 is 0.789 bits per heavy atom. The van der Waals surface area contributed by atoms with Crippen molar-refractivity contribution in [2.75, 3.05) is 11.9 Å². The average molecular weight is 249 g/mol. The minimum absolute atomic E-state index is 0.956. The zero-order valence-electron chi connectivity index (χ0n) is 11.8. The molecule has 0 unspecified atom stereocenters. The van der Waals surface area contributed by atoms with E-state index >= 15 is 0 Å². The van der Waals surface area contributed by atoms with Gasteiger partial charge in [-0.3, -0.25) is 0 Å². The summed E-state index contributed by atoms with van der Waals surface area (Å²) in [6, 6.07) is 17.4. The van der Waals surface area contributed by atoms with E-state index in [0.717, 1.165) is 6.54 Å². The molecule has 0 aliphatic carbocycles. The smallest absolute Gasteiger partial charge is 0.0443 e. The zero-order valence-corrected chi connectivity index (χ0v) is 11.8. The highest BCUT2D eigenvalue weighted by molar-refractivity contribution is 5.94. The summed E-state index contributed by atoms with van der Waals surface area (Å²) in [5.74, 6) is 0. The molecule has 96 valence electrons. The normalized spacial score (nSPS) is 18.4. The van der Waals surface area contributed by atoms with Gasteiger partial charge in [0.15, 0.2) is 0 Å². The Kier molecular flexibility index (Phi) is 2.90. The molecule has 19 heavy (non-hydrogen) atoms. The van der Waals surface area contributed by atoms with E-state index in [1.165, 1.54) is 33.5 Å². The molecule has 2 aromatic rings. The van der Waals surface area contributed by atoms with Crippen LogP contribution < -0.4 is 4.90 Å². The molecule has 1 nitrogen and oxygen atoms in total. The van der Waals surface area contributed by atoms with Crippen LogP contribution in [0.15, 0.2) is 48.5 Å². The lowest BCUT2D eigenvalue weighted by atomic mass is 9.90. The lowest BCUT2D eigenvalue weighted by molar-refractivity contribution is 0.914. The first-order chi connectivity index (χ1) is 9.18. The molecule has 0 spiro atoms. The highest BCUT2D eigenvalue weighted by Crippen LogP contribution is 2.36. The summed E-state index contributed by atoms with van der Waals surface area (Å²) in [7, 11) is 2.17. The number of nitrogens with zero attached hydrogens (tertiary/aromatic N) is 1. The molecule has 0 bridgehead atoms. The van der Waals surface area contributed by atoms with Gasteiger partial charge in [0.05, 0.1) is 0 Å². The first kappa shape index (κ1) is 12.0. The van der Waals surface area contributed by atoms with Crippen LogP contribution in [0, 0.1) is 0 Å². The van der Waals surface area contributed by atoms with E-state index in [1.54, 1.807) is 0 Å². The largest absolute Gasteiger partial charge is 0.370 e. The molecule has 0 saturated heterocycles. The van der Waals surface area contributed by atoms with E-state index < -0.39 is 0 Å². The van der Waals surface area contributed by atoms with Crippen molar-refractivity contribution < 1.29 is 0 Å². The number of hydrogen-bond donors (Lipinski definition) is 0. The van der Waals surface area contributed by atoms with Gasteiger partial charge in [-0.2, -0.15) is 0 Å². The van der Waals surface area contributed by atoms with Crippen molar-refractivity contribution >= 4 is 16.8 Å². The molecule has 0 amide bonds. The molecule has 0 saturated carbocycles. The molecule has 0 radical (unpaired) electrons. The molecule has 0 atom stereocenters. The minimum atomic E-state index is 0.956. The number of para-hydroxylation sites is 1. The third kappa shape index (κ3) is 1.95. The first-order valence-electron chi connectivity index (χ1n) is 6.75. The average Bonchev–Trinajstić information content (AvgIpc) is 2.45. The molecule has 1 aliphatic rings. The van der Waals surface area contributed by atoms with Crippen LogP contribution in [0.5, 0.6) is 0 Å². The Hall–Kier alpha value is -2.02. The van der Waals surface area contributed by atoms with Gasteiger partial charge in [-0.05, 0) is 42.2 Å². The van der Waals surface area contributed by atoms with Crippen LogP contribution in [-0.4, -0.2) is 7.05 Å². The van der Waals surface area contributed by atoms with Crippen molar-refractivity contribution in [3.8, 4) is 0 Å². The fourth-order valence-corrected chi connectivity index (χ4v) is 2.89. The molecule has 0 N–H and O–H groups in total. The van der Waals surface area contributed by atoms with Gasteiger partial charge in [0.25, 0.3) is 0 Å². The van der Waals surface area contributed by atoms with E-state index in [1.807, 2.05) is 0 Å². The second-order valence-electron chi connectivity index (χ2n) is 5.28. The van der Waals surface area contributed by atoms with Gasteiger partial charge >= 0.3 is 0 Å². The predicted molar refractivity (Wildman–Crippen MR) is 83.2 cm³/mol. The highest BCUT2D eigenvalue weighted by Gasteiger charge is 2.17. The summed E-state index contributed by atoms with van der Waals surface area (Å²) in [5, 5.41) is 0. The molecule has 1 heterocycles. The van der Waals surface area contributed by atoms with Crippen LogP contribution in [0.2, 0.25) is 0 Å². The molecular formula is C18H19N. The topological polar surface area (TPSA) is 3.24 Å². The van der Waals surface area contributed by atoms with Crippen LogP contribution in [0.1, 0.15) is 30.5 Å². The van der Waals surface area contributed by atoms with Crippen molar-refractivity contribution in [3.05, 3.63) is 65.2 Å². The second-order valence-corrected chi connectivity index (χ2v) is 5.28. The van der Waals surface area contributed by atoms with Gasteiger partial charge in [0.1, 0.15) is 0 Å². The van der Waals surface area contributed by atoms with Crippen LogP contribution in [0.3, 0.4) is 0 Å². The summed E-state index contributed by atoms with van der Waals surface area (Å²) in [5.41, 5.74) is 8.19. The molecule has 0 fully saturated rings. The first-order valence-corrected chi connectivity index (χ1v) is 6.75. The summed E-state index contributed by atoms with van der Waals surface area (Å²) in [4.78, 5) is 2.34. The minimum Gasteiger partial charge on any atom is -0.370 e. The van der Waals surface area contributed by atoms with E-state index in [-0.39, 0.29) is 0 Å². The molecule has 0 aromatic heterocycles. The van der Waals surface area contributed by atoms with Gasteiger partial charge in [-0.25, -0.2) is 0 Å². The fourth-order valence-electron chi connectivity index (χ4n) is 2.89. The third-order valence-corrected chi connectivity index (χ3v) is 4.11. The van der Waals surface area contributed by atoms with Gasteiger partial charge in [0, 0.05) is 24.8 Å². The third-order valence-electron chi connectivity index (χ3n) is 4.11. The highest BCUT2D eigenvalue weighted by atomic mass is 15.1. The van der Waals surface area contributed by atoms with Crippen molar-refractivity contribution in [3.63, 3.8) is 0 Å². The molecular weight excluding hydrogens is 230 g/mol. The van der Waals surface area contributed by atoms with Gasteiger partial charge < -0.3 is 4.90 Å². The number of rotatable bonds is 0. The van der Waals surface area contributed by atoms with E-state index in [4.69, 9.17) is 0 Å². The maximum Gasteiger partial charge on any atom is 0.0443 e. The Morgan fingerprint density at radius 2 is 1.37 bits per heavy atom. The van der Waals surface area contributed by atoms with Crippen LogP contribution in [0.4, 0.5) is 5.69 Å². The summed E-state index contributed by atoms with van der Waals surface area (Å²) >= 11 is 0. The van der Waals surface area contributed by atoms with Gasteiger partial charge in [-0.15, -0.1) is 0 Å². The van der Waals surface area contributed by atoms with Crippen molar-refractivity contribution in [2.24, 2.45) is 0 Å². The second kappa shape index (κ2) is 4.58. The number of anilines is 1. The standard InChI is InChI=1S/C18H19N/c1-13-14(2)17-10-6-7-11-18(17)19(3)12-15-8-4-5-9-16(13)15/h4-11H,12H2,1-3H3/b14-13-. The SMILES string of the molecule is C/C1=C(\C)c2ccccc2N(C)Cc2ccccc21. The molecule has 1 aliphatic heterocycles. The summed E-state index contributed by atoms with van der Waals surface area (Å²) < 4.78 is 0. The monoisotopic (exact) mass is 249 g/mol. The Balaban J connectivity index is 2.31. The van der Waals surface area contributed by atoms with E-state index in [0.29, 0.717) is 0 Å². The Labute approximate surface area is 115 Å². The van der Waals surface area contributed by atoms with Gasteiger partial charge in [-0.1, -0.05) is 42.5 Å². The van der Waals surface area contributed by atoms with Crippen LogP contribution in [0.25, 0.3) is 11.1 Å². The summed E-state index contributed by atoms with van der Waals surface area (Å²) in [6.07, 6.45) is 0. The quantitative estimate of drug-likeness (QED) is 0.660. The van der Waals surface area contributed by atoms with Crippen molar-refractivity contribution in [1.82, 2.24) is 0 Å². The van der Waals surface area contributed by atoms with Crippen LogP contribution in [-0.2, 0) is 6.54 Å². The fraction of sp³-hybridized carbons (Fsp3) is 0.222. The lowest BCUT2D eigenvalue weighted by Crippen LogP contribution is -2.20. The van der Waals surface area contributed by atoms with E-state index in [9.17, 15) is 0 Å². The molecule has 1 heteroatoms. The maximum atomic E-state index is 2.34. The number of benzene rings is 2. The predicted octanol–water partition coefficient (Wildman–Crippen LogP) is 4.59. The lowest BCUT2D eigenvalue weighted by Gasteiger charge is -2.28. The van der Waals surface area contributed by atoms with Crippen molar-refractivity contribution in [1.29, 1.82) is 0 Å². The van der Waals surface area contributed by atoms with E-state index in [2.05, 4.69) is 74.3 Å². The number of allylic oxidation sites excluding steroid dienone is 2. The molecule has 2 aromatic carbocycles. The Bertz CT molecular complexity index is 652. The number of hydrogen-bond acceptors (Lipinski definition) is 1. The van der Waals surface area contributed by atoms with Crippen LogP contribution >= 0.6 is 0 Å². The van der Waals surface area contributed by atoms with Crippen molar-refractivity contribution in [2.45, 2.75) is 20.4 Å². The van der Waals surface area contributed by atoms with Gasteiger partial charge in [0.2, 0.25) is 0 Å². The summed E-state index contributed by atoms with van der Waals surface area (Å²) in [6.45, 7) is 5.41. The maximum absolute atomic E-state index is 2.34. The zero-order chi connectivity index (χ0) is 13.4. The molecule has 3 rings (SSSR count). The Morgan fingerprint density at radius 3 is 2.16 bits per heavy atom.